The molecule has 2 N–H and O–H groups in total. The lowest BCUT2D eigenvalue weighted by atomic mass is 10.1. The summed E-state index contributed by atoms with van der Waals surface area (Å²) in [5, 5.41) is 21.4. The van der Waals surface area contributed by atoms with Crippen molar-refractivity contribution in [3.63, 3.8) is 0 Å². The molecule has 0 aromatic heterocycles. The molecule has 0 amide bonds. The van der Waals surface area contributed by atoms with Crippen LogP contribution in [-0.2, 0) is 0 Å². The Morgan fingerprint density at radius 3 is 1.63 bits per heavy atom. The van der Waals surface area contributed by atoms with Gasteiger partial charge in [0.05, 0.1) is 19.9 Å². The third-order valence-electron chi connectivity index (χ3n) is 8.41. The van der Waals surface area contributed by atoms with Gasteiger partial charge in [-0.1, -0.05) is 12.8 Å². The van der Waals surface area contributed by atoms with Gasteiger partial charge < -0.3 is 29.2 Å². The number of hydrogen-bond acceptors (Lipinski definition) is 10. The summed E-state index contributed by atoms with van der Waals surface area (Å²) in [6.07, 6.45) is 10.7. The van der Waals surface area contributed by atoms with Crippen molar-refractivity contribution in [2.75, 3.05) is 66.7 Å². The number of phenols is 2. The van der Waals surface area contributed by atoms with E-state index in [0.29, 0.717) is 58.7 Å². The van der Waals surface area contributed by atoms with Gasteiger partial charge in [0.15, 0.2) is 0 Å². The third kappa shape index (κ3) is 9.37. The van der Waals surface area contributed by atoms with Gasteiger partial charge in [0.25, 0.3) is 0 Å². The van der Waals surface area contributed by atoms with Crippen LogP contribution in [0.25, 0.3) is 0 Å². The van der Waals surface area contributed by atoms with Gasteiger partial charge in [-0.25, -0.2) is 4.99 Å². The number of likely N-dealkylation sites (tertiary alicyclic amines) is 2. The SMILES string of the molecule is COc1cc(N=Cc2ccc(OCCN3CCCCC3)cc2O)c(N=Cc2ccc(OCCN3CCCCC3)cc2O)c(OC)c1. The predicted molar refractivity (Wildman–Crippen MR) is 182 cm³/mol. The lowest BCUT2D eigenvalue weighted by Gasteiger charge is -2.26. The number of rotatable bonds is 14. The van der Waals surface area contributed by atoms with Crippen LogP contribution in [0.15, 0.2) is 58.5 Å². The second kappa shape index (κ2) is 16.9. The number of benzene rings is 3. The second-order valence-electron chi connectivity index (χ2n) is 11.7. The van der Waals surface area contributed by atoms with Crippen molar-refractivity contribution in [2.24, 2.45) is 9.98 Å². The van der Waals surface area contributed by atoms with E-state index in [-0.39, 0.29) is 11.5 Å². The van der Waals surface area contributed by atoms with Crippen LogP contribution < -0.4 is 18.9 Å². The van der Waals surface area contributed by atoms with E-state index in [9.17, 15) is 10.2 Å². The van der Waals surface area contributed by atoms with Gasteiger partial charge in [-0.2, -0.15) is 0 Å². The third-order valence-corrected chi connectivity index (χ3v) is 8.41. The maximum atomic E-state index is 10.7. The molecule has 10 nitrogen and oxygen atoms in total. The molecule has 2 heterocycles. The summed E-state index contributed by atoms with van der Waals surface area (Å²) in [5.74, 6) is 2.32. The molecule has 2 aliphatic heterocycles. The molecule has 0 bridgehead atoms. The summed E-state index contributed by atoms with van der Waals surface area (Å²) in [5.41, 5.74) is 1.95. The average molecular weight is 631 g/mol. The Morgan fingerprint density at radius 2 is 1.15 bits per heavy atom. The van der Waals surface area contributed by atoms with Gasteiger partial charge in [-0.05, 0) is 76.1 Å². The quantitative estimate of drug-likeness (QED) is 0.199. The Bertz CT molecular complexity index is 1480. The first-order valence-electron chi connectivity index (χ1n) is 16.2. The van der Waals surface area contributed by atoms with E-state index in [1.165, 1.54) is 38.5 Å². The molecule has 0 radical (unpaired) electrons. The maximum Gasteiger partial charge on any atom is 0.150 e. The Morgan fingerprint density at radius 1 is 0.630 bits per heavy atom. The molecular weight excluding hydrogens is 584 g/mol. The summed E-state index contributed by atoms with van der Waals surface area (Å²) >= 11 is 0. The molecule has 3 aromatic carbocycles. The first kappa shape index (κ1) is 33.1. The predicted octanol–water partition coefficient (Wildman–Crippen LogP) is 6.35. The van der Waals surface area contributed by atoms with Crippen molar-refractivity contribution in [3.05, 3.63) is 59.7 Å². The van der Waals surface area contributed by atoms with E-state index in [0.717, 1.165) is 39.3 Å². The van der Waals surface area contributed by atoms with Crippen molar-refractivity contribution in [3.8, 4) is 34.5 Å². The summed E-state index contributed by atoms with van der Waals surface area (Å²) in [4.78, 5) is 14.1. The number of aromatic hydroxyl groups is 2. The van der Waals surface area contributed by atoms with Gasteiger partial charge in [0.1, 0.15) is 53.4 Å². The Balaban J connectivity index is 1.26. The molecule has 0 aliphatic carbocycles. The number of phenolic OH excluding ortho intramolecular Hbond substituents is 2. The Labute approximate surface area is 271 Å². The zero-order valence-electron chi connectivity index (χ0n) is 27.0. The fraction of sp³-hybridized carbons (Fsp3) is 0.444. The molecule has 2 fully saturated rings. The molecular formula is C36H46N4O6. The summed E-state index contributed by atoms with van der Waals surface area (Å²) in [7, 11) is 3.11. The molecule has 0 atom stereocenters. The van der Waals surface area contributed by atoms with E-state index in [1.54, 1.807) is 63.0 Å². The van der Waals surface area contributed by atoms with Crippen molar-refractivity contribution in [2.45, 2.75) is 38.5 Å². The maximum absolute atomic E-state index is 10.7. The minimum absolute atomic E-state index is 0.0555. The highest BCUT2D eigenvalue weighted by Gasteiger charge is 2.14. The number of hydrogen-bond donors (Lipinski definition) is 2. The molecule has 2 saturated heterocycles. The number of nitrogens with zero attached hydrogens (tertiary/aromatic N) is 4. The first-order chi connectivity index (χ1) is 22.5. The lowest BCUT2D eigenvalue weighted by Crippen LogP contribution is -2.33. The van der Waals surface area contributed by atoms with Crippen LogP contribution in [0.5, 0.6) is 34.5 Å². The minimum atomic E-state index is 0.0555. The largest absolute Gasteiger partial charge is 0.507 e. The van der Waals surface area contributed by atoms with Crippen LogP contribution in [0.3, 0.4) is 0 Å². The lowest BCUT2D eigenvalue weighted by molar-refractivity contribution is 0.183. The zero-order valence-corrected chi connectivity index (χ0v) is 27.0. The first-order valence-corrected chi connectivity index (χ1v) is 16.2. The van der Waals surface area contributed by atoms with Crippen LogP contribution >= 0.6 is 0 Å². The Hall–Kier alpha value is -4.28. The van der Waals surface area contributed by atoms with Gasteiger partial charge in [-0.15, -0.1) is 0 Å². The Kier molecular flexibility index (Phi) is 12.1. The molecule has 10 heteroatoms. The molecule has 0 spiro atoms. The fourth-order valence-corrected chi connectivity index (χ4v) is 5.74. The number of piperidine rings is 2. The molecule has 5 rings (SSSR count). The van der Waals surface area contributed by atoms with E-state index in [1.807, 2.05) is 12.1 Å². The fourth-order valence-electron chi connectivity index (χ4n) is 5.74. The standard InChI is InChI=1S/C36H46N4O6/c1-43-31-21-32(37-25-27-9-11-29(22-33(27)41)45-19-17-39-13-5-3-6-14-39)36(35(24-31)44-2)38-26-28-10-12-30(23-34(28)42)46-20-18-40-15-7-4-8-16-40/h9-12,21-26,41-42H,3-8,13-20H2,1-2H3. The summed E-state index contributed by atoms with van der Waals surface area (Å²) in [6.45, 7) is 7.36. The van der Waals surface area contributed by atoms with Crippen LogP contribution in [0.1, 0.15) is 49.7 Å². The molecule has 0 unspecified atom stereocenters. The average Bonchev–Trinajstić information content (AvgIpc) is 3.08. The van der Waals surface area contributed by atoms with Gasteiger partial charge in [-0.3, -0.25) is 14.8 Å². The van der Waals surface area contributed by atoms with Crippen LogP contribution in [0.4, 0.5) is 11.4 Å². The number of aliphatic imine (C=N–C) groups is 2. The molecule has 46 heavy (non-hydrogen) atoms. The molecule has 246 valence electrons. The van der Waals surface area contributed by atoms with Crippen LogP contribution in [-0.4, -0.2) is 99.1 Å². The monoisotopic (exact) mass is 630 g/mol. The van der Waals surface area contributed by atoms with E-state index in [4.69, 9.17) is 18.9 Å². The molecule has 3 aromatic rings. The van der Waals surface area contributed by atoms with Crippen molar-refractivity contribution in [1.82, 2.24) is 9.80 Å². The molecule has 2 aliphatic rings. The molecule has 0 saturated carbocycles. The van der Waals surface area contributed by atoms with Crippen molar-refractivity contribution >= 4 is 23.8 Å². The zero-order chi connectivity index (χ0) is 32.1. The van der Waals surface area contributed by atoms with E-state index < -0.39 is 0 Å². The smallest absolute Gasteiger partial charge is 0.150 e. The summed E-state index contributed by atoms with van der Waals surface area (Å²) < 4.78 is 22.9. The normalized spacial score (nSPS) is 16.2. The van der Waals surface area contributed by atoms with Gasteiger partial charge >= 0.3 is 0 Å². The van der Waals surface area contributed by atoms with Crippen LogP contribution in [0.2, 0.25) is 0 Å². The van der Waals surface area contributed by atoms with Crippen molar-refractivity contribution in [1.29, 1.82) is 0 Å². The number of methoxy groups -OCH3 is 2. The minimum Gasteiger partial charge on any atom is -0.507 e. The summed E-state index contributed by atoms with van der Waals surface area (Å²) in [6, 6.07) is 13.8. The van der Waals surface area contributed by atoms with E-state index in [2.05, 4.69) is 19.8 Å². The highest BCUT2D eigenvalue weighted by atomic mass is 16.5. The topological polar surface area (TPSA) is 109 Å². The van der Waals surface area contributed by atoms with E-state index >= 15 is 0 Å². The van der Waals surface area contributed by atoms with Crippen molar-refractivity contribution < 1.29 is 29.2 Å². The second-order valence-corrected chi connectivity index (χ2v) is 11.7. The number of ether oxygens (including phenoxy) is 4. The highest BCUT2D eigenvalue weighted by Crippen LogP contribution is 2.41. The van der Waals surface area contributed by atoms with Gasteiger partial charge in [0.2, 0.25) is 0 Å². The van der Waals surface area contributed by atoms with Crippen LogP contribution in [0, 0.1) is 0 Å². The van der Waals surface area contributed by atoms with Gasteiger partial charge in [0, 0.05) is 60.9 Å². The highest BCUT2D eigenvalue weighted by molar-refractivity contribution is 5.91.